The zero-order chi connectivity index (χ0) is 23.7. The Balaban J connectivity index is 1.38. The van der Waals surface area contributed by atoms with Gasteiger partial charge >= 0.3 is 6.09 Å². The molecule has 0 saturated heterocycles. The molecule has 12 heteroatoms. The zero-order valence-corrected chi connectivity index (χ0v) is 18.3. The number of hydrogen-bond acceptors (Lipinski definition) is 7. The molecule has 0 unspecified atom stereocenters. The van der Waals surface area contributed by atoms with Gasteiger partial charge in [-0.05, 0) is 44.6 Å². The number of carboxylic acid groups (broad SMARTS) is 1. The van der Waals surface area contributed by atoms with Crippen LogP contribution in [0.15, 0.2) is 30.7 Å². The van der Waals surface area contributed by atoms with E-state index in [0.29, 0.717) is 17.5 Å². The fraction of sp³-hybridized carbons (Fsp3) is 0.409. The minimum absolute atomic E-state index is 0.0206. The van der Waals surface area contributed by atoms with Gasteiger partial charge in [-0.1, -0.05) is 0 Å². The number of imidazole rings is 1. The van der Waals surface area contributed by atoms with E-state index in [1.807, 2.05) is 6.07 Å². The standard InChI is InChI=1S/C22H25FN8O3/c23-15-10-24-8-7-16(15)29-21(32)18-11-25-20-17(26-12-1-2-12)9-19(30-31(18)20)27-13-3-5-14(6-4-13)28-22(33)34/h7-14,26,28H,1-6H2,(H,27,30)(H,33,34)(H,24,29,32)/t13-,14-. The van der Waals surface area contributed by atoms with Gasteiger partial charge in [-0.3, -0.25) is 9.78 Å². The Morgan fingerprint density at radius 1 is 1.00 bits per heavy atom. The van der Waals surface area contributed by atoms with Gasteiger partial charge in [0.25, 0.3) is 5.91 Å². The van der Waals surface area contributed by atoms with E-state index in [2.05, 4.69) is 36.3 Å². The molecule has 178 valence electrons. The number of pyridine rings is 1. The second kappa shape index (κ2) is 9.12. The molecule has 11 nitrogen and oxygen atoms in total. The molecule has 0 radical (unpaired) electrons. The maximum atomic E-state index is 14.0. The van der Waals surface area contributed by atoms with Crippen LogP contribution < -0.4 is 21.3 Å². The van der Waals surface area contributed by atoms with Crippen molar-refractivity contribution in [3.05, 3.63) is 42.2 Å². The number of aromatic nitrogens is 4. The number of anilines is 3. The van der Waals surface area contributed by atoms with Gasteiger partial charge in [0.1, 0.15) is 5.82 Å². The average molecular weight is 468 g/mol. The van der Waals surface area contributed by atoms with Crippen molar-refractivity contribution in [2.24, 2.45) is 0 Å². The van der Waals surface area contributed by atoms with Crippen molar-refractivity contribution >= 4 is 34.8 Å². The molecule has 2 fully saturated rings. The lowest BCUT2D eigenvalue weighted by Gasteiger charge is -2.29. The molecule has 2 saturated carbocycles. The molecule has 3 aromatic heterocycles. The lowest BCUT2D eigenvalue weighted by molar-refractivity contribution is 0.101. The summed E-state index contributed by atoms with van der Waals surface area (Å²) < 4.78 is 15.4. The van der Waals surface area contributed by atoms with E-state index in [-0.39, 0.29) is 23.5 Å². The lowest BCUT2D eigenvalue weighted by Crippen LogP contribution is -2.39. The summed E-state index contributed by atoms with van der Waals surface area (Å²) in [6, 6.07) is 3.70. The summed E-state index contributed by atoms with van der Waals surface area (Å²) in [5, 5.41) is 25.5. The van der Waals surface area contributed by atoms with Crippen molar-refractivity contribution in [2.75, 3.05) is 16.0 Å². The molecule has 3 heterocycles. The van der Waals surface area contributed by atoms with Crippen LogP contribution in [0.1, 0.15) is 49.0 Å². The Morgan fingerprint density at radius 2 is 1.71 bits per heavy atom. The minimum Gasteiger partial charge on any atom is -0.465 e. The molecule has 5 N–H and O–H groups in total. The summed E-state index contributed by atoms with van der Waals surface area (Å²) in [7, 11) is 0. The predicted octanol–water partition coefficient (Wildman–Crippen LogP) is 3.08. The third-order valence-electron chi connectivity index (χ3n) is 6.06. The second-order valence-corrected chi connectivity index (χ2v) is 8.69. The van der Waals surface area contributed by atoms with Crippen LogP contribution in [0.2, 0.25) is 0 Å². The van der Waals surface area contributed by atoms with Gasteiger partial charge in [0.05, 0.1) is 23.8 Å². The smallest absolute Gasteiger partial charge is 0.404 e. The van der Waals surface area contributed by atoms with Gasteiger partial charge < -0.3 is 26.4 Å². The summed E-state index contributed by atoms with van der Waals surface area (Å²) in [5.41, 5.74) is 1.46. The van der Waals surface area contributed by atoms with Crippen LogP contribution in [0.3, 0.4) is 0 Å². The van der Waals surface area contributed by atoms with Crippen LogP contribution in [0, 0.1) is 5.82 Å². The fourth-order valence-corrected chi connectivity index (χ4v) is 4.18. The molecule has 3 aromatic rings. The molecular weight excluding hydrogens is 443 g/mol. The first-order valence-electron chi connectivity index (χ1n) is 11.3. The minimum atomic E-state index is -1.00. The molecule has 2 aliphatic rings. The molecule has 0 bridgehead atoms. The second-order valence-electron chi connectivity index (χ2n) is 8.69. The van der Waals surface area contributed by atoms with E-state index < -0.39 is 17.8 Å². The molecule has 0 aromatic carbocycles. The zero-order valence-electron chi connectivity index (χ0n) is 18.3. The molecule has 0 aliphatic heterocycles. The number of carbonyl (C=O) groups is 2. The van der Waals surface area contributed by atoms with Crippen LogP contribution in [-0.2, 0) is 0 Å². The number of rotatable bonds is 7. The number of fused-ring (bicyclic) bond motifs is 1. The van der Waals surface area contributed by atoms with Gasteiger partial charge in [-0.2, -0.15) is 0 Å². The highest BCUT2D eigenvalue weighted by Gasteiger charge is 2.26. The van der Waals surface area contributed by atoms with E-state index in [9.17, 15) is 14.0 Å². The van der Waals surface area contributed by atoms with Gasteiger partial charge in [-0.25, -0.2) is 18.7 Å². The van der Waals surface area contributed by atoms with Crippen LogP contribution in [-0.4, -0.2) is 54.8 Å². The Hall–Kier alpha value is -3.96. The number of hydrogen-bond donors (Lipinski definition) is 5. The number of carbonyl (C=O) groups excluding carboxylic acids is 1. The molecular formula is C22H25FN8O3. The monoisotopic (exact) mass is 468 g/mol. The van der Waals surface area contributed by atoms with Crippen molar-refractivity contribution < 1.29 is 19.1 Å². The first-order valence-corrected chi connectivity index (χ1v) is 11.3. The van der Waals surface area contributed by atoms with Crippen LogP contribution >= 0.6 is 0 Å². The quantitative estimate of drug-likeness (QED) is 0.356. The Labute approximate surface area is 194 Å². The lowest BCUT2D eigenvalue weighted by atomic mass is 9.91. The fourth-order valence-electron chi connectivity index (χ4n) is 4.18. The van der Waals surface area contributed by atoms with Crippen molar-refractivity contribution in [1.82, 2.24) is 24.9 Å². The number of nitrogens with zero attached hydrogens (tertiary/aromatic N) is 4. The molecule has 0 atom stereocenters. The van der Waals surface area contributed by atoms with E-state index in [1.165, 1.54) is 23.0 Å². The SMILES string of the molecule is O=C(O)N[C@H]1CC[C@H](Nc2cc(NC3CC3)c3ncc(C(=O)Nc4ccncc4F)n3n2)CC1. The molecule has 2 amide bonds. The maximum Gasteiger partial charge on any atom is 0.404 e. The predicted molar refractivity (Wildman–Crippen MR) is 123 cm³/mol. The van der Waals surface area contributed by atoms with E-state index in [0.717, 1.165) is 50.4 Å². The first-order chi connectivity index (χ1) is 16.5. The van der Waals surface area contributed by atoms with Crippen LogP contribution in [0.5, 0.6) is 0 Å². The highest BCUT2D eigenvalue weighted by molar-refractivity contribution is 6.03. The summed E-state index contributed by atoms with van der Waals surface area (Å²) in [6.07, 6.45) is 8.00. The van der Waals surface area contributed by atoms with Crippen molar-refractivity contribution in [1.29, 1.82) is 0 Å². The first kappa shape index (κ1) is 21.9. The summed E-state index contributed by atoms with van der Waals surface area (Å²) >= 11 is 0. The van der Waals surface area contributed by atoms with Gasteiger partial charge in [-0.15, -0.1) is 5.10 Å². The van der Waals surface area contributed by atoms with Crippen molar-refractivity contribution in [3.63, 3.8) is 0 Å². The van der Waals surface area contributed by atoms with E-state index >= 15 is 0 Å². The normalized spacial score (nSPS) is 20.0. The Kier molecular flexibility index (Phi) is 5.86. The summed E-state index contributed by atoms with van der Waals surface area (Å²) in [4.78, 5) is 31.9. The highest BCUT2D eigenvalue weighted by atomic mass is 19.1. The summed E-state index contributed by atoms with van der Waals surface area (Å²) in [6.45, 7) is 0. The van der Waals surface area contributed by atoms with Gasteiger partial charge in [0.15, 0.2) is 17.2 Å². The average Bonchev–Trinajstić information content (AvgIpc) is 3.51. The topological polar surface area (TPSA) is 146 Å². The molecule has 34 heavy (non-hydrogen) atoms. The number of nitrogens with one attached hydrogen (secondary N) is 4. The van der Waals surface area contributed by atoms with E-state index in [1.54, 1.807) is 0 Å². The molecule has 0 spiro atoms. The maximum absolute atomic E-state index is 14.0. The van der Waals surface area contributed by atoms with Crippen LogP contribution in [0.4, 0.5) is 26.4 Å². The van der Waals surface area contributed by atoms with Crippen molar-refractivity contribution in [3.8, 4) is 0 Å². The van der Waals surface area contributed by atoms with Crippen LogP contribution in [0.25, 0.3) is 5.65 Å². The highest BCUT2D eigenvalue weighted by Crippen LogP contribution is 2.30. The van der Waals surface area contributed by atoms with Gasteiger partial charge in [0.2, 0.25) is 0 Å². The van der Waals surface area contributed by atoms with Gasteiger partial charge in [0, 0.05) is 30.4 Å². The van der Waals surface area contributed by atoms with E-state index in [4.69, 9.17) is 5.11 Å². The largest absolute Gasteiger partial charge is 0.465 e. The molecule has 5 rings (SSSR count). The third-order valence-corrected chi connectivity index (χ3v) is 6.06. The number of halogens is 1. The Morgan fingerprint density at radius 3 is 2.41 bits per heavy atom. The molecule has 2 aliphatic carbocycles. The Bertz CT molecular complexity index is 1220. The van der Waals surface area contributed by atoms with Crippen molar-refractivity contribution in [2.45, 2.75) is 56.7 Å². The third kappa shape index (κ3) is 4.85. The number of amides is 2. The summed E-state index contributed by atoms with van der Waals surface area (Å²) in [5.74, 6) is -0.601.